The van der Waals surface area contributed by atoms with Crippen LogP contribution in [0.25, 0.3) is 0 Å². The zero-order valence-corrected chi connectivity index (χ0v) is 15.2. The molecular formula is C18H27N3O2S. The Morgan fingerprint density at radius 1 is 1.33 bits per heavy atom. The number of nitrogens with zero attached hydrogens (tertiary/aromatic N) is 2. The van der Waals surface area contributed by atoms with Crippen molar-refractivity contribution in [2.75, 3.05) is 26.2 Å². The minimum absolute atomic E-state index is 0.0149. The van der Waals surface area contributed by atoms with Crippen LogP contribution in [-0.4, -0.2) is 59.9 Å². The first-order valence-corrected chi connectivity index (χ1v) is 9.95. The molecule has 0 aliphatic carbocycles. The molecular weight excluding hydrogens is 322 g/mol. The summed E-state index contributed by atoms with van der Waals surface area (Å²) in [4.78, 5) is 30.1. The van der Waals surface area contributed by atoms with Crippen molar-refractivity contribution in [2.45, 2.75) is 51.1 Å². The van der Waals surface area contributed by atoms with Crippen LogP contribution in [0.1, 0.15) is 48.7 Å². The van der Waals surface area contributed by atoms with Gasteiger partial charge >= 0.3 is 0 Å². The van der Waals surface area contributed by atoms with E-state index in [0.717, 1.165) is 63.2 Å². The fraction of sp³-hybridized carbons (Fsp3) is 0.667. The molecule has 0 bridgehead atoms. The molecule has 1 aromatic heterocycles. The van der Waals surface area contributed by atoms with Gasteiger partial charge in [-0.2, -0.15) is 0 Å². The van der Waals surface area contributed by atoms with Gasteiger partial charge in [-0.05, 0) is 50.1 Å². The molecule has 1 aromatic rings. The topological polar surface area (TPSA) is 52.7 Å². The van der Waals surface area contributed by atoms with E-state index in [1.54, 1.807) is 0 Å². The van der Waals surface area contributed by atoms with Crippen molar-refractivity contribution in [1.29, 1.82) is 0 Å². The second kappa shape index (κ2) is 8.12. The van der Waals surface area contributed by atoms with Crippen molar-refractivity contribution < 1.29 is 9.59 Å². The van der Waals surface area contributed by atoms with Crippen molar-refractivity contribution in [3.63, 3.8) is 0 Å². The SMILES string of the molecule is CCCN(C(=O)c1cccs1)C1CCN(C(=O)C2CCCN2)CC1. The Morgan fingerprint density at radius 3 is 2.71 bits per heavy atom. The summed E-state index contributed by atoms with van der Waals surface area (Å²) in [5.41, 5.74) is 0. The number of rotatable bonds is 5. The van der Waals surface area contributed by atoms with Crippen LogP contribution in [0, 0.1) is 0 Å². The van der Waals surface area contributed by atoms with E-state index in [9.17, 15) is 9.59 Å². The molecule has 5 nitrogen and oxygen atoms in total. The van der Waals surface area contributed by atoms with Gasteiger partial charge in [0.1, 0.15) is 0 Å². The fourth-order valence-electron chi connectivity index (χ4n) is 3.75. The van der Waals surface area contributed by atoms with E-state index in [1.807, 2.05) is 27.3 Å². The van der Waals surface area contributed by atoms with Gasteiger partial charge in [0.2, 0.25) is 5.91 Å². The summed E-state index contributed by atoms with van der Waals surface area (Å²) in [6.45, 7) is 5.38. The molecule has 1 atom stereocenters. The van der Waals surface area contributed by atoms with Crippen molar-refractivity contribution in [3.8, 4) is 0 Å². The molecule has 0 aromatic carbocycles. The third-order valence-corrected chi connectivity index (χ3v) is 5.89. The number of hydrogen-bond donors (Lipinski definition) is 1. The van der Waals surface area contributed by atoms with Gasteiger partial charge < -0.3 is 15.1 Å². The summed E-state index contributed by atoms with van der Waals surface area (Å²) < 4.78 is 0. The molecule has 3 rings (SSSR count). The molecule has 0 spiro atoms. The monoisotopic (exact) mass is 349 g/mol. The highest BCUT2D eigenvalue weighted by molar-refractivity contribution is 7.12. The molecule has 24 heavy (non-hydrogen) atoms. The Hall–Kier alpha value is -1.40. The molecule has 1 unspecified atom stereocenters. The number of nitrogens with one attached hydrogen (secondary N) is 1. The highest BCUT2D eigenvalue weighted by atomic mass is 32.1. The molecule has 2 saturated heterocycles. The van der Waals surface area contributed by atoms with E-state index >= 15 is 0 Å². The number of likely N-dealkylation sites (tertiary alicyclic amines) is 1. The Kier molecular flexibility index (Phi) is 5.89. The lowest BCUT2D eigenvalue weighted by Crippen LogP contribution is -2.52. The quantitative estimate of drug-likeness (QED) is 0.888. The summed E-state index contributed by atoms with van der Waals surface area (Å²) in [6, 6.07) is 4.10. The average Bonchev–Trinajstić information content (AvgIpc) is 3.32. The zero-order chi connectivity index (χ0) is 16.9. The summed E-state index contributed by atoms with van der Waals surface area (Å²) in [5.74, 6) is 0.395. The maximum Gasteiger partial charge on any atom is 0.264 e. The van der Waals surface area contributed by atoms with E-state index in [2.05, 4.69) is 12.2 Å². The lowest BCUT2D eigenvalue weighted by Gasteiger charge is -2.39. The summed E-state index contributed by atoms with van der Waals surface area (Å²) in [7, 11) is 0. The maximum atomic E-state index is 12.8. The first-order chi connectivity index (χ1) is 11.7. The first kappa shape index (κ1) is 17.4. The molecule has 2 amide bonds. The number of carbonyl (C=O) groups excluding carboxylic acids is 2. The second-order valence-electron chi connectivity index (χ2n) is 6.68. The van der Waals surface area contributed by atoms with Gasteiger partial charge in [-0.3, -0.25) is 9.59 Å². The number of carbonyl (C=O) groups is 2. The molecule has 1 N–H and O–H groups in total. The first-order valence-electron chi connectivity index (χ1n) is 9.07. The van der Waals surface area contributed by atoms with E-state index in [4.69, 9.17) is 0 Å². The van der Waals surface area contributed by atoms with Gasteiger partial charge in [0.25, 0.3) is 5.91 Å². The Balaban J connectivity index is 1.58. The third-order valence-electron chi connectivity index (χ3n) is 5.03. The minimum Gasteiger partial charge on any atom is -0.341 e. The van der Waals surface area contributed by atoms with Crippen LogP contribution in [0.4, 0.5) is 0 Å². The van der Waals surface area contributed by atoms with Crippen LogP contribution in [-0.2, 0) is 4.79 Å². The number of amides is 2. The van der Waals surface area contributed by atoms with Gasteiger partial charge in [-0.1, -0.05) is 13.0 Å². The Bertz CT molecular complexity index is 547. The second-order valence-corrected chi connectivity index (χ2v) is 7.63. The van der Waals surface area contributed by atoms with Crippen LogP contribution in [0.15, 0.2) is 17.5 Å². The van der Waals surface area contributed by atoms with Crippen molar-refractivity contribution in [2.24, 2.45) is 0 Å². The number of piperidine rings is 1. The summed E-state index contributed by atoms with van der Waals surface area (Å²) in [6.07, 6.45) is 4.78. The highest BCUT2D eigenvalue weighted by Crippen LogP contribution is 2.22. The van der Waals surface area contributed by atoms with Gasteiger partial charge in [0.05, 0.1) is 10.9 Å². The van der Waals surface area contributed by atoms with Crippen molar-refractivity contribution in [3.05, 3.63) is 22.4 Å². The molecule has 3 heterocycles. The van der Waals surface area contributed by atoms with Crippen LogP contribution in [0.3, 0.4) is 0 Å². The molecule has 2 fully saturated rings. The van der Waals surface area contributed by atoms with E-state index in [0.29, 0.717) is 0 Å². The summed E-state index contributed by atoms with van der Waals surface area (Å²) >= 11 is 1.51. The lowest BCUT2D eigenvalue weighted by molar-refractivity contribution is -0.134. The van der Waals surface area contributed by atoms with Crippen molar-refractivity contribution in [1.82, 2.24) is 15.1 Å². The predicted octanol–water partition coefficient (Wildman–Crippen LogP) is 2.34. The van der Waals surface area contributed by atoms with Crippen LogP contribution in [0.5, 0.6) is 0 Å². The van der Waals surface area contributed by atoms with Crippen LogP contribution in [0.2, 0.25) is 0 Å². The zero-order valence-electron chi connectivity index (χ0n) is 14.4. The molecule has 6 heteroatoms. The number of thiophene rings is 1. The van der Waals surface area contributed by atoms with Gasteiger partial charge in [-0.25, -0.2) is 0 Å². The molecule has 132 valence electrons. The Morgan fingerprint density at radius 2 is 2.12 bits per heavy atom. The van der Waals surface area contributed by atoms with E-state index in [-0.39, 0.29) is 23.9 Å². The fourth-order valence-corrected chi connectivity index (χ4v) is 4.43. The van der Waals surface area contributed by atoms with Crippen LogP contribution < -0.4 is 5.32 Å². The summed E-state index contributed by atoms with van der Waals surface area (Å²) in [5, 5.41) is 5.24. The largest absolute Gasteiger partial charge is 0.341 e. The Labute approximate surface area is 148 Å². The molecule has 0 radical (unpaired) electrons. The lowest BCUT2D eigenvalue weighted by atomic mass is 10.0. The number of hydrogen-bond acceptors (Lipinski definition) is 4. The van der Waals surface area contributed by atoms with E-state index < -0.39 is 0 Å². The van der Waals surface area contributed by atoms with Crippen LogP contribution >= 0.6 is 11.3 Å². The molecule has 2 aliphatic heterocycles. The normalized spacial score (nSPS) is 21.9. The predicted molar refractivity (Wildman–Crippen MR) is 96.3 cm³/mol. The van der Waals surface area contributed by atoms with Gasteiger partial charge in [0, 0.05) is 25.7 Å². The van der Waals surface area contributed by atoms with Gasteiger partial charge in [-0.15, -0.1) is 11.3 Å². The standard InChI is InChI=1S/C18H27N3O2S/c1-2-10-21(18(23)16-6-4-13-24-16)14-7-11-20(12-8-14)17(22)15-5-3-9-19-15/h4,6,13-15,19H,2-3,5,7-12H2,1H3. The molecule has 2 aliphatic rings. The average molecular weight is 350 g/mol. The third kappa shape index (κ3) is 3.81. The smallest absolute Gasteiger partial charge is 0.264 e. The molecule has 0 saturated carbocycles. The maximum absolute atomic E-state index is 12.8. The van der Waals surface area contributed by atoms with Crippen molar-refractivity contribution >= 4 is 23.2 Å². The van der Waals surface area contributed by atoms with E-state index in [1.165, 1.54) is 11.3 Å². The highest BCUT2D eigenvalue weighted by Gasteiger charge is 2.33. The minimum atomic E-state index is 0.0149. The van der Waals surface area contributed by atoms with Gasteiger partial charge in [0.15, 0.2) is 0 Å².